The SMILES string of the molecule is CCS(=O)(=O)c1ccc(Cl)cc1Cc1c(CN2CCNCC2)c(C(F)(F)F)cc2cccnc12. The summed E-state index contributed by atoms with van der Waals surface area (Å²) in [5.74, 6) is -0.128. The molecule has 0 bridgehead atoms. The number of aromatic nitrogens is 1. The van der Waals surface area contributed by atoms with Gasteiger partial charge >= 0.3 is 6.18 Å². The summed E-state index contributed by atoms with van der Waals surface area (Å²) in [6.45, 7) is 4.23. The van der Waals surface area contributed by atoms with Crippen LogP contribution in [0.15, 0.2) is 47.5 Å². The summed E-state index contributed by atoms with van der Waals surface area (Å²) in [6, 6.07) is 8.76. The number of rotatable bonds is 6. The van der Waals surface area contributed by atoms with Crippen molar-refractivity contribution >= 4 is 32.3 Å². The van der Waals surface area contributed by atoms with E-state index in [0.29, 0.717) is 53.2 Å². The van der Waals surface area contributed by atoms with Crippen molar-refractivity contribution in [1.82, 2.24) is 15.2 Å². The van der Waals surface area contributed by atoms with E-state index in [1.165, 1.54) is 31.3 Å². The van der Waals surface area contributed by atoms with E-state index < -0.39 is 21.6 Å². The molecule has 0 unspecified atom stereocenters. The number of pyridine rings is 1. The van der Waals surface area contributed by atoms with Crippen LogP contribution >= 0.6 is 11.6 Å². The first-order valence-corrected chi connectivity index (χ1v) is 13.0. The molecule has 4 rings (SSSR count). The Morgan fingerprint density at radius 3 is 2.53 bits per heavy atom. The van der Waals surface area contributed by atoms with Crippen molar-refractivity contribution in [2.24, 2.45) is 0 Å². The standard InChI is InChI=1S/C24H25ClF3N3O2S/c1-2-34(32,33)22-6-5-18(25)12-17(22)13-19-20(15-31-10-8-29-9-11-31)21(24(26,27)28)14-16-4-3-7-30-23(16)19/h3-7,12,14,29H,2,8-11,13,15H2,1H3. The minimum atomic E-state index is -4.57. The van der Waals surface area contributed by atoms with Crippen molar-refractivity contribution < 1.29 is 21.6 Å². The van der Waals surface area contributed by atoms with Gasteiger partial charge in [0.05, 0.1) is 21.7 Å². The molecule has 182 valence electrons. The molecule has 1 N–H and O–H groups in total. The van der Waals surface area contributed by atoms with Gasteiger partial charge in [0.1, 0.15) is 0 Å². The van der Waals surface area contributed by atoms with Crippen molar-refractivity contribution in [3.05, 3.63) is 69.9 Å². The van der Waals surface area contributed by atoms with E-state index in [-0.39, 0.29) is 29.2 Å². The van der Waals surface area contributed by atoms with Crippen LogP contribution in [0, 0.1) is 0 Å². The zero-order chi connectivity index (χ0) is 24.5. The zero-order valence-electron chi connectivity index (χ0n) is 18.6. The Hall–Kier alpha value is -2.20. The van der Waals surface area contributed by atoms with Crippen LogP contribution in [-0.2, 0) is 29.0 Å². The third-order valence-corrected chi connectivity index (χ3v) is 8.18. The zero-order valence-corrected chi connectivity index (χ0v) is 20.2. The second-order valence-electron chi connectivity index (χ2n) is 8.31. The number of piperazine rings is 1. The van der Waals surface area contributed by atoms with Crippen LogP contribution in [0.4, 0.5) is 13.2 Å². The second-order valence-corrected chi connectivity index (χ2v) is 11.0. The topological polar surface area (TPSA) is 62.3 Å². The Bertz CT molecular complexity index is 1310. The van der Waals surface area contributed by atoms with Gasteiger partial charge in [-0.25, -0.2) is 8.42 Å². The minimum absolute atomic E-state index is 0.0338. The van der Waals surface area contributed by atoms with Gasteiger partial charge in [0, 0.05) is 55.8 Å². The Labute approximate surface area is 201 Å². The fourth-order valence-corrected chi connectivity index (χ4v) is 5.70. The van der Waals surface area contributed by atoms with Crippen LogP contribution in [0.5, 0.6) is 0 Å². The largest absolute Gasteiger partial charge is 0.416 e. The molecule has 0 saturated carbocycles. The van der Waals surface area contributed by atoms with Crippen molar-refractivity contribution in [2.75, 3.05) is 31.9 Å². The van der Waals surface area contributed by atoms with Crippen molar-refractivity contribution in [3.8, 4) is 0 Å². The molecule has 1 saturated heterocycles. The molecule has 34 heavy (non-hydrogen) atoms. The summed E-state index contributed by atoms with van der Waals surface area (Å²) in [5.41, 5.74) is 0.574. The number of hydrogen-bond donors (Lipinski definition) is 1. The van der Waals surface area contributed by atoms with Gasteiger partial charge in [-0.2, -0.15) is 13.2 Å². The predicted molar refractivity (Wildman–Crippen MR) is 127 cm³/mol. The van der Waals surface area contributed by atoms with Gasteiger partial charge in [-0.15, -0.1) is 0 Å². The summed E-state index contributed by atoms with van der Waals surface area (Å²) >= 11 is 6.19. The highest BCUT2D eigenvalue weighted by Crippen LogP contribution is 2.39. The Balaban J connectivity index is 1.96. The summed E-state index contributed by atoms with van der Waals surface area (Å²) in [4.78, 5) is 6.46. The fourth-order valence-electron chi connectivity index (χ4n) is 4.39. The first kappa shape index (κ1) is 24.9. The lowest BCUT2D eigenvalue weighted by Gasteiger charge is -2.30. The lowest BCUT2D eigenvalue weighted by molar-refractivity contribution is -0.138. The first-order valence-electron chi connectivity index (χ1n) is 11.0. The highest BCUT2D eigenvalue weighted by atomic mass is 35.5. The average Bonchev–Trinajstić information content (AvgIpc) is 2.80. The van der Waals surface area contributed by atoms with Crippen LogP contribution in [-0.4, -0.2) is 50.2 Å². The third kappa shape index (κ3) is 5.22. The summed E-state index contributed by atoms with van der Waals surface area (Å²) < 4.78 is 68.3. The van der Waals surface area contributed by atoms with Gasteiger partial charge in [-0.1, -0.05) is 24.6 Å². The van der Waals surface area contributed by atoms with Crippen LogP contribution < -0.4 is 5.32 Å². The summed E-state index contributed by atoms with van der Waals surface area (Å²) in [6.07, 6.45) is -3.07. The first-order chi connectivity index (χ1) is 16.1. The molecule has 0 radical (unpaired) electrons. The van der Waals surface area contributed by atoms with Gasteiger partial charge in [0.25, 0.3) is 0 Å². The molecule has 0 aliphatic carbocycles. The fraction of sp³-hybridized carbons (Fsp3) is 0.375. The molecule has 0 amide bonds. The number of fused-ring (bicyclic) bond motifs is 1. The molecule has 3 aromatic rings. The highest BCUT2D eigenvalue weighted by Gasteiger charge is 2.36. The van der Waals surface area contributed by atoms with Gasteiger partial charge in [0.2, 0.25) is 0 Å². The monoisotopic (exact) mass is 511 g/mol. The lowest BCUT2D eigenvalue weighted by Crippen LogP contribution is -2.43. The van der Waals surface area contributed by atoms with E-state index in [1.54, 1.807) is 12.1 Å². The van der Waals surface area contributed by atoms with Crippen molar-refractivity contribution in [3.63, 3.8) is 0 Å². The molecule has 1 aromatic heterocycles. The van der Waals surface area contributed by atoms with E-state index >= 15 is 0 Å². The maximum Gasteiger partial charge on any atom is 0.416 e. The number of hydrogen-bond acceptors (Lipinski definition) is 5. The quantitative estimate of drug-likeness (QED) is 0.520. The number of nitrogens with zero attached hydrogens (tertiary/aromatic N) is 2. The number of benzene rings is 2. The molecule has 2 heterocycles. The maximum atomic E-state index is 14.3. The summed E-state index contributed by atoms with van der Waals surface area (Å²) in [7, 11) is -3.62. The molecule has 1 aliphatic rings. The Morgan fingerprint density at radius 1 is 1.12 bits per heavy atom. The highest BCUT2D eigenvalue weighted by molar-refractivity contribution is 7.91. The molecular weight excluding hydrogens is 487 g/mol. The Kier molecular flexibility index (Phi) is 7.19. The molecule has 1 fully saturated rings. The second kappa shape index (κ2) is 9.81. The molecule has 0 atom stereocenters. The molecule has 5 nitrogen and oxygen atoms in total. The number of halogens is 4. The number of nitrogens with one attached hydrogen (secondary N) is 1. The van der Waals surface area contributed by atoms with E-state index in [1.807, 2.05) is 4.90 Å². The predicted octanol–water partition coefficient (Wildman–Crippen LogP) is 4.70. The van der Waals surface area contributed by atoms with Crippen LogP contribution in [0.3, 0.4) is 0 Å². The lowest BCUT2D eigenvalue weighted by atomic mass is 9.91. The van der Waals surface area contributed by atoms with Crippen LogP contribution in [0.2, 0.25) is 5.02 Å². The van der Waals surface area contributed by atoms with Gasteiger partial charge in [-0.05, 0) is 47.0 Å². The van der Waals surface area contributed by atoms with Crippen LogP contribution in [0.25, 0.3) is 10.9 Å². The van der Waals surface area contributed by atoms with Crippen LogP contribution in [0.1, 0.15) is 29.2 Å². The smallest absolute Gasteiger partial charge is 0.314 e. The van der Waals surface area contributed by atoms with Gasteiger partial charge < -0.3 is 5.32 Å². The normalized spacial score (nSPS) is 15.7. The number of alkyl halides is 3. The molecular formula is C24H25ClF3N3O2S. The molecule has 0 spiro atoms. The number of sulfone groups is 1. The molecule has 10 heteroatoms. The van der Waals surface area contributed by atoms with Crippen molar-refractivity contribution in [1.29, 1.82) is 0 Å². The third-order valence-electron chi connectivity index (χ3n) is 6.12. The summed E-state index contributed by atoms with van der Waals surface area (Å²) in [5, 5.41) is 3.88. The van der Waals surface area contributed by atoms with Gasteiger partial charge in [0.15, 0.2) is 9.84 Å². The average molecular weight is 512 g/mol. The van der Waals surface area contributed by atoms with E-state index in [0.717, 1.165) is 6.07 Å². The van der Waals surface area contributed by atoms with Crippen molar-refractivity contribution in [2.45, 2.75) is 31.0 Å². The van der Waals surface area contributed by atoms with E-state index in [2.05, 4.69) is 10.3 Å². The molecule has 1 aliphatic heterocycles. The Morgan fingerprint density at radius 2 is 1.85 bits per heavy atom. The van der Waals surface area contributed by atoms with E-state index in [4.69, 9.17) is 11.6 Å². The molecule has 2 aromatic carbocycles. The minimum Gasteiger partial charge on any atom is -0.314 e. The van der Waals surface area contributed by atoms with E-state index in [9.17, 15) is 21.6 Å². The van der Waals surface area contributed by atoms with Gasteiger partial charge in [-0.3, -0.25) is 9.88 Å². The maximum absolute atomic E-state index is 14.3.